The van der Waals surface area contributed by atoms with Gasteiger partial charge < -0.3 is 9.73 Å². The van der Waals surface area contributed by atoms with Crippen molar-refractivity contribution >= 4 is 11.6 Å². The van der Waals surface area contributed by atoms with Crippen LogP contribution in [0, 0.1) is 12.8 Å². The minimum absolute atomic E-state index is 0.0908. The number of nitrogens with one attached hydrogen (secondary N) is 1. The number of rotatable bonds is 5. The first-order valence-electron chi connectivity index (χ1n) is 8.53. The Kier molecular flexibility index (Phi) is 4.23. The molecule has 0 spiro atoms. The summed E-state index contributed by atoms with van der Waals surface area (Å²) in [6, 6.07) is 5.73. The molecule has 130 valence electrons. The number of nitrogens with zero attached hydrogens (tertiary/aromatic N) is 4. The lowest BCUT2D eigenvalue weighted by Gasteiger charge is -2.15. The van der Waals surface area contributed by atoms with Crippen LogP contribution in [-0.4, -0.2) is 45.0 Å². The lowest BCUT2D eigenvalue weighted by molar-refractivity contribution is 0.0945. The monoisotopic (exact) mass is 339 g/mol. The van der Waals surface area contributed by atoms with Crippen LogP contribution in [0.15, 0.2) is 41.3 Å². The van der Waals surface area contributed by atoms with Gasteiger partial charge in [-0.3, -0.25) is 9.69 Å². The van der Waals surface area contributed by atoms with E-state index in [0.717, 1.165) is 43.2 Å². The molecule has 0 radical (unpaired) electrons. The van der Waals surface area contributed by atoms with Gasteiger partial charge in [0.25, 0.3) is 5.91 Å². The van der Waals surface area contributed by atoms with E-state index in [9.17, 15) is 4.79 Å². The summed E-state index contributed by atoms with van der Waals surface area (Å²) in [7, 11) is 0. The molecule has 3 aromatic rings. The van der Waals surface area contributed by atoms with E-state index in [4.69, 9.17) is 4.42 Å². The van der Waals surface area contributed by atoms with Crippen molar-refractivity contribution in [2.45, 2.75) is 19.9 Å². The van der Waals surface area contributed by atoms with Gasteiger partial charge in [-0.05, 0) is 37.9 Å². The minimum atomic E-state index is -0.0908. The average molecular weight is 339 g/mol. The molecule has 1 fully saturated rings. The maximum atomic E-state index is 12.5. The predicted octanol–water partition coefficient (Wildman–Crippen LogP) is 1.88. The summed E-state index contributed by atoms with van der Waals surface area (Å²) in [5, 5.41) is 7.25. The zero-order chi connectivity index (χ0) is 17.2. The Bertz CT molecular complexity index is 871. The van der Waals surface area contributed by atoms with E-state index in [-0.39, 0.29) is 5.91 Å². The zero-order valence-corrected chi connectivity index (χ0v) is 14.2. The van der Waals surface area contributed by atoms with Crippen LogP contribution < -0.4 is 5.32 Å². The largest absolute Gasteiger partial charge is 0.468 e. The maximum absolute atomic E-state index is 12.5. The molecule has 1 atom stereocenters. The average Bonchev–Trinajstić information content (AvgIpc) is 3.35. The van der Waals surface area contributed by atoms with Gasteiger partial charge in [0.15, 0.2) is 5.65 Å². The first-order valence-corrected chi connectivity index (χ1v) is 8.53. The number of furan rings is 1. The molecule has 0 saturated carbocycles. The standard InChI is InChI=1S/C18H21N5O2/c1-13-16(10-19-17-4-6-21-23(13)17)18(24)20-9-14-5-7-22(11-14)12-15-3-2-8-25-15/h2-4,6,8,10,14H,5,7,9,11-12H2,1H3,(H,20,24). The Morgan fingerprint density at radius 2 is 2.36 bits per heavy atom. The van der Waals surface area contributed by atoms with Crippen LogP contribution >= 0.6 is 0 Å². The quantitative estimate of drug-likeness (QED) is 0.768. The van der Waals surface area contributed by atoms with Crippen LogP contribution in [0.1, 0.15) is 28.2 Å². The maximum Gasteiger partial charge on any atom is 0.254 e. The number of amides is 1. The summed E-state index contributed by atoms with van der Waals surface area (Å²) in [5.41, 5.74) is 2.12. The van der Waals surface area contributed by atoms with E-state index >= 15 is 0 Å². The number of hydrogen-bond acceptors (Lipinski definition) is 5. The Hall–Kier alpha value is -2.67. The fraction of sp³-hybridized carbons (Fsp3) is 0.389. The van der Waals surface area contributed by atoms with Crippen molar-refractivity contribution in [1.29, 1.82) is 0 Å². The van der Waals surface area contributed by atoms with Gasteiger partial charge in [-0.1, -0.05) is 0 Å². The predicted molar refractivity (Wildman–Crippen MR) is 92.1 cm³/mol. The molecule has 3 aromatic heterocycles. The molecule has 1 aliphatic heterocycles. The van der Waals surface area contributed by atoms with Gasteiger partial charge in [-0.25, -0.2) is 9.50 Å². The van der Waals surface area contributed by atoms with Gasteiger partial charge in [0.05, 0.1) is 30.3 Å². The summed E-state index contributed by atoms with van der Waals surface area (Å²) < 4.78 is 7.09. The highest BCUT2D eigenvalue weighted by Crippen LogP contribution is 2.18. The third-order valence-electron chi connectivity index (χ3n) is 4.78. The zero-order valence-electron chi connectivity index (χ0n) is 14.2. The molecule has 1 aliphatic rings. The van der Waals surface area contributed by atoms with E-state index in [1.54, 1.807) is 23.2 Å². The number of hydrogen-bond donors (Lipinski definition) is 1. The van der Waals surface area contributed by atoms with Crippen LogP contribution in [0.2, 0.25) is 0 Å². The highest BCUT2D eigenvalue weighted by molar-refractivity contribution is 5.95. The van der Waals surface area contributed by atoms with Gasteiger partial charge >= 0.3 is 0 Å². The molecule has 1 amide bonds. The van der Waals surface area contributed by atoms with Crippen molar-refractivity contribution in [2.75, 3.05) is 19.6 Å². The molecule has 0 bridgehead atoms. The first kappa shape index (κ1) is 15.8. The Morgan fingerprint density at radius 1 is 1.44 bits per heavy atom. The minimum Gasteiger partial charge on any atom is -0.468 e. The van der Waals surface area contributed by atoms with Crippen molar-refractivity contribution in [1.82, 2.24) is 24.8 Å². The van der Waals surface area contributed by atoms with E-state index in [1.165, 1.54) is 0 Å². The number of carbonyl (C=O) groups excluding carboxylic acids is 1. The van der Waals surface area contributed by atoms with E-state index in [0.29, 0.717) is 18.0 Å². The van der Waals surface area contributed by atoms with Crippen molar-refractivity contribution in [3.8, 4) is 0 Å². The molecular weight excluding hydrogens is 318 g/mol. The topological polar surface area (TPSA) is 75.7 Å². The van der Waals surface area contributed by atoms with Crippen molar-refractivity contribution in [3.63, 3.8) is 0 Å². The summed E-state index contributed by atoms with van der Waals surface area (Å²) in [6.07, 6.45) is 6.09. The van der Waals surface area contributed by atoms with Gasteiger partial charge in [0.2, 0.25) is 0 Å². The highest BCUT2D eigenvalue weighted by Gasteiger charge is 2.24. The van der Waals surface area contributed by atoms with Crippen LogP contribution in [0.4, 0.5) is 0 Å². The van der Waals surface area contributed by atoms with Crippen LogP contribution in [0.25, 0.3) is 5.65 Å². The lowest BCUT2D eigenvalue weighted by Crippen LogP contribution is -2.31. The molecule has 7 heteroatoms. The van der Waals surface area contributed by atoms with Crippen LogP contribution in [0.3, 0.4) is 0 Å². The number of carbonyl (C=O) groups is 1. The van der Waals surface area contributed by atoms with Crippen LogP contribution in [-0.2, 0) is 6.54 Å². The van der Waals surface area contributed by atoms with Crippen molar-refractivity contribution in [3.05, 3.63) is 53.9 Å². The van der Waals surface area contributed by atoms with E-state index < -0.39 is 0 Å². The number of aryl methyl sites for hydroxylation is 1. The van der Waals surface area contributed by atoms with Gasteiger partial charge in [-0.2, -0.15) is 5.10 Å². The Morgan fingerprint density at radius 3 is 3.20 bits per heavy atom. The fourth-order valence-electron chi connectivity index (χ4n) is 3.39. The number of fused-ring (bicyclic) bond motifs is 1. The molecule has 7 nitrogen and oxygen atoms in total. The van der Waals surface area contributed by atoms with Crippen molar-refractivity contribution in [2.24, 2.45) is 5.92 Å². The molecule has 4 rings (SSSR count). The second kappa shape index (κ2) is 6.68. The van der Waals surface area contributed by atoms with E-state index in [2.05, 4.69) is 20.3 Å². The molecule has 25 heavy (non-hydrogen) atoms. The summed E-state index contributed by atoms with van der Waals surface area (Å²) in [6.45, 7) is 5.38. The summed E-state index contributed by atoms with van der Waals surface area (Å²) >= 11 is 0. The van der Waals surface area contributed by atoms with Gasteiger partial charge in [-0.15, -0.1) is 0 Å². The van der Waals surface area contributed by atoms with Gasteiger partial charge in [0, 0.05) is 25.4 Å². The fourth-order valence-corrected chi connectivity index (χ4v) is 3.39. The van der Waals surface area contributed by atoms with Crippen molar-refractivity contribution < 1.29 is 9.21 Å². The third-order valence-corrected chi connectivity index (χ3v) is 4.78. The molecule has 0 aromatic carbocycles. The van der Waals surface area contributed by atoms with Crippen LogP contribution in [0.5, 0.6) is 0 Å². The normalized spacial score (nSPS) is 18.0. The summed E-state index contributed by atoms with van der Waals surface area (Å²) in [5.74, 6) is 1.35. The Balaban J connectivity index is 1.33. The molecule has 1 N–H and O–H groups in total. The molecule has 1 unspecified atom stereocenters. The Labute approximate surface area is 145 Å². The molecule has 4 heterocycles. The second-order valence-corrected chi connectivity index (χ2v) is 6.54. The number of likely N-dealkylation sites (tertiary alicyclic amines) is 1. The molecular formula is C18H21N5O2. The second-order valence-electron chi connectivity index (χ2n) is 6.54. The van der Waals surface area contributed by atoms with Gasteiger partial charge in [0.1, 0.15) is 5.76 Å². The number of aromatic nitrogens is 3. The lowest BCUT2D eigenvalue weighted by atomic mass is 10.1. The smallest absolute Gasteiger partial charge is 0.254 e. The SMILES string of the molecule is Cc1c(C(=O)NCC2CCN(Cc3ccco3)C2)cnc2ccnn12. The first-order chi connectivity index (χ1) is 12.2. The highest BCUT2D eigenvalue weighted by atomic mass is 16.3. The van der Waals surface area contributed by atoms with E-state index in [1.807, 2.05) is 25.1 Å². The molecule has 0 aliphatic carbocycles. The summed E-state index contributed by atoms with van der Waals surface area (Å²) in [4.78, 5) is 19.1. The molecule has 1 saturated heterocycles. The third kappa shape index (κ3) is 3.28.